The van der Waals surface area contributed by atoms with E-state index >= 15 is 0 Å². The first kappa shape index (κ1) is 21.6. The number of rotatable bonds is 15. The van der Waals surface area contributed by atoms with Crippen LogP contribution in [0.1, 0.15) is 64.7 Å². The van der Waals surface area contributed by atoms with Crippen molar-refractivity contribution in [2.45, 2.75) is 64.7 Å². The second-order valence-corrected chi connectivity index (χ2v) is 6.17. The van der Waals surface area contributed by atoms with Gasteiger partial charge in [-0.1, -0.05) is 38.3 Å². The lowest BCUT2D eigenvalue weighted by Crippen LogP contribution is -3.10. The van der Waals surface area contributed by atoms with Crippen molar-refractivity contribution in [2.24, 2.45) is 0 Å². The van der Waals surface area contributed by atoms with E-state index < -0.39 is 5.97 Å². The van der Waals surface area contributed by atoms with E-state index in [1.807, 2.05) is 7.05 Å². The zero-order chi connectivity index (χ0) is 17.3. The lowest BCUT2D eigenvalue weighted by molar-refractivity contribution is -0.871. The van der Waals surface area contributed by atoms with Crippen LogP contribution in [0.2, 0.25) is 0 Å². The summed E-state index contributed by atoms with van der Waals surface area (Å²) in [6, 6.07) is 0. The number of allylic oxidation sites excluding steroid dienone is 2. The van der Waals surface area contributed by atoms with Gasteiger partial charge in [-0.3, -0.25) is 4.79 Å². The molecule has 0 spiro atoms. The first-order chi connectivity index (χ1) is 11.1. The minimum atomic E-state index is -0.784. The van der Waals surface area contributed by atoms with E-state index in [9.17, 15) is 9.59 Å². The molecule has 0 bridgehead atoms. The van der Waals surface area contributed by atoms with Gasteiger partial charge in [-0.05, 0) is 25.7 Å². The molecule has 0 radical (unpaired) electrons. The predicted octanol–water partition coefficient (Wildman–Crippen LogP) is 1.79. The maximum absolute atomic E-state index is 11.7. The molecular formula is C18H35N2O3+. The van der Waals surface area contributed by atoms with Crippen molar-refractivity contribution in [3.8, 4) is 0 Å². The fourth-order valence-corrected chi connectivity index (χ4v) is 2.42. The summed E-state index contributed by atoms with van der Waals surface area (Å²) in [5, 5.41) is 11.6. The Kier molecular flexibility index (Phi) is 14.6. The van der Waals surface area contributed by atoms with Gasteiger partial charge in [0.15, 0.2) is 6.54 Å². The number of amides is 1. The van der Waals surface area contributed by atoms with Gasteiger partial charge in [-0.15, -0.1) is 0 Å². The van der Waals surface area contributed by atoms with Crippen molar-refractivity contribution >= 4 is 11.9 Å². The number of nitrogens with one attached hydrogen (secondary N) is 2. The third-order valence-electron chi connectivity index (χ3n) is 3.73. The highest BCUT2D eigenvalue weighted by Crippen LogP contribution is 2.07. The van der Waals surface area contributed by atoms with Crippen molar-refractivity contribution in [2.75, 3.05) is 26.7 Å². The Morgan fingerprint density at radius 2 is 1.74 bits per heavy atom. The first-order valence-corrected chi connectivity index (χ1v) is 9.01. The van der Waals surface area contributed by atoms with Gasteiger partial charge in [0.25, 0.3) is 0 Å². The number of carbonyl (C=O) groups excluding carboxylic acids is 1. The topological polar surface area (TPSA) is 70.8 Å². The molecule has 3 N–H and O–H groups in total. The molecule has 5 heteroatoms. The van der Waals surface area contributed by atoms with Gasteiger partial charge in [0.2, 0.25) is 5.91 Å². The maximum Gasteiger partial charge on any atom is 0.359 e. The number of hydrogen-bond acceptors (Lipinski definition) is 2. The van der Waals surface area contributed by atoms with E-state index in [0.29, 0.717) is 13.0 Å². The number of unbranched alkanes of at least 4 members (excludes halogenated alkanes) is 5. The van der Waals surface area contributed by atoms with Crippen molar-refractivity contribution < 1.29 is 19.6 Å². The van der Waals surface area contributed by atoms with E-state index in [0.717, 1.165) is 37.1 Å². The smallest absolute Gasteiger partial charge is 0.359 e. The summed E-state index contributed by atoms with van der Waals surface area (Å²) in [6.07, 6.45) is 14.0. The number of carboxylic acids is 1. The largest absolute Gasteiger partial charge is 0.477 e. The van der Waals surface area contributed by atoms with E-state index in [1.54, 1.807) is 0 Å². The van der Waals surface area contributed by atoms with Crippen LogP contribution in [-0.4, -0.2) is 43.7 Å². The number of quaternary nitrogens is 1. The summed E-state index contributed by atoms with van der Waals surface area (Å²) in [5.41, 5.74) is 0. The molecule has 0 aromatic heterocycles. The molecule has 134 valence electrons. The van der Waals surface area contributed by atoms with Gasteiger partial charge in [0.05, 0.1) is 13.6 Å². The van der Waals surface area contributed by atoms with Crippen molar-refractivity contribution in [3.63, 3.8) is 0 Å². The molecule has 0 heterocycles. The highest BCUT2D eigenvalue weighted by Gasteiger charge is 2.07. The van der Waals surface area contributed by atoms with Crippen LogP contribution < -0.4 is 10.2 Å². The quantitative estimate of drug-likeness (QED) is 0.317. The molecule has 0 aliphatic rings. The van der Waals surface area contributed by atoms with Crippen LogP contribution in [0.25, 0.3) is 0 Å². The molecule has 23 heavy (non-hydrogen) atoms. The number of likely N-dealkylation sites (N-methyl/N-ethyl adjacent to an activating group) is 1. The third-order valence-corrected chi connectivity index (χ3v) is 3.73. The second-order valence-electron chi connectivity index (χ2n) is 6.17. The summed E-state index contributed by atoms with van der Waals surface area (Å²) in [6.45, 7) is 3.68. The molecule has 0 aromatic carbocycles. The molecule has 5 nitrogen and oxygen atoms in total. The Bertz CT molecular complexity index is 343. The maximum atomic E-state index is 11.7. The molecular weight excluding hydrogens is 292 g/mol. The molecule has 0 aliphatic carbocycles. The van der Waals surface area contributed by atoms with Crippen LogP contribution in [0.4, 0.5) is 0 Å². The molecule has 0 aromatic rings. The molecule has 1 atom stereocenters. The monoisotopic (exact) mass is 327 g/mol. The van der Waals surface area contributed by atoms with Crippen LogP contribution >= 0.6 is 0 Å². The molecule has 0 rings (SSSR count). The normalized spacial score (nSPS) is 12.4. The van der Waals surface area contributed by atoms with Crippen LogP contribution in [0.3, 0.4) is 0 Å². The molecule has 0 saturated heterocycles. The number of carbonyl (C=O) groups is 2. The third kappa shape index (κ3) is 16.8. The van der Waals surface area contributed by atoms with Crippen LogP contribution in [0, 0.1) is 0 Å². The summed E-state index contributed by atoms with van der Waals surface area (Å²) in [4.78, 5) is 23.1. The van der Waals surface area contributed by atoms with E-state index in [-0.39, 0.29) is 12.5 Å². The summed E-state index contributed by atoms with van der Waals surface area (Å²) in [5.74, 6) is -0.667. The van der Waals surface area contributed by atoms with Gasteiger partial charge < -0.3 is 15.3 Å². The minimum Gasteiger partial charge on any atom is -0.477 e. The number of carboxylic acid groups (broad SMARTS) is 1. The van der Waals surface area contributed by atoms with Gasteiger partial charge in [0.1, 0.15) is 0 Å². The van der Waals surface area contributed by atoms with Crippen molar-refractivity contribution in [1.82, 2.24) is 5.32 Å². The molecule has 0 saturated carbocycles. The average molecular weight is 327 g/mol. The van der Waals surface area contributed by atoms with Crippen LogP contribution in [-0.2, 0) is 9.59 Å². The van der Waals surface area contributed by atoms with Gasteiger partial charge >= 0.3 is 5.97 Å². The Labute approximate surface area is 141 Å². The number of aliphatic carboxylic acids is 1. The fraction of sp³-hybridized carbons (Fsp3) is 0.778. The first-order valence-electron chi connectivity index (χ1n) is 9.01. The Morgan fingerprint density at radius 1 is 1.04 bits per heavy atom. The van der Waals surface area contributed by atoms with Crippen molar-refractivity contribution in [3.05, 3.63) is 12.2 Å². The SMILES string of the molecule is CC/C=C/CCCCCCCC(=O)NCCC[NH+](C)CC(=O)O. The minimum absolute atomic E-state index is 0.117. The lowest BCUT2D eigenvalue weighted by atomic mass is 10.1. The average Bonchev–Trinajstić information content (AvgIpc) is 2.49. The standard InChI is InChI=1S/C18H34N2O3/c1-3-4-5-6-7-8-9-10-11-13-17(21)19-14-12-15-20(2)16-18(22)23/h4-5H,3,6-16H2,1-2H3,(H,19,21)(H,22,23)/p+1/b5-4+. The zero-order valence-corrected chi connectivity index (χ0v) is 14.9. The number of hydrogen-bond donors (Lipinski definition) is 3. The summed E-state index contributed by atoms with van der Waals surface area (Å²) >= 11 is 0. The fourth-order valence-electron chi connectivity index (χ4n) is 2.42. The van der Waals surface area contributed by atoms with E-state index in [1.165, 1.54) is 25.7 Å². The Hall–Kier alpha value is -1.36. The Morgan fingerprint density at radius 3 is 2.43 bits per heavy atom. The molecule has 1 unspecified atom stereocenters. The summed E-state index contributed by atoms with van der Waals surface area (Å²) < 4.78 is 0. The predicted molar refractivity (Wildman–Crippen MR) is 93.6 cm³/mol. The van der Waals surface area contributed by atoms with Gasteiger partial charge in [-0.25, -0.2) is 4.79 Å². The van der Waals surface area contributed by atoms with Gasteiger partial charge in [-0.2, -0.15) is 0 Å². The molecule has 1 amide bonds. The zero-order valence-electron chi connectivity index (χ0n) is 14.9. The second kappa shape index (κ2) is 15.5. The highest BCUT2D eigenvalue weighted by atomic mass is 16.4. The lowest BCUT2D eigenvalue weighted by Gasteiger charge is -2.11. The Balaban J connectivity index is 3.34. The summed E-state index contributed by atoms with van der Waals surface area (Å²) in [7, 11) is 1.86. The van der Waals surface area contributed by atoms with E-state index in [2.05, 4.69) is 24.4 Å². The van der Waals surface area contributed by atoms with Gasteiger partial charge in [0, 0.05) is 19.4 Å². The highest BCUT2D eigenvalue weighted by molar-refractivity contribution is 5.75. The molecule has 0 aliphatic heterocycles. The molecule has 0 fully saturated rings. The van der Waals surface area contributed by atoms with E-state index in [4.69, 9.17) is 5.11 Å². The van der Waals surface area contributed by atoms with Crippen molar-refractivity contribution in [1.29, 1.82) is 0 Å². The van der Waals surface area contributed by atoms with Crippen LogP contribution in [0.15, 0.2) is 12.2 Å². The van der Waals surface area contributed by atoms with Crippen LogP contribution in [0.5, 0.6) is 0 Å².